The summed E-state index contributed by atoms with van der Waals surface area (Å²) in [5, 5.41) is 7.81. The van der Waals surface area contributed by atoms with Crippen LogP contribution in [0.1, 0.15) is 0 Å². The van der Waals surface area contributed by atoms with Crippen LogP contribution in [0.25, 0.3) is 11.0 Å². The van der Waals surface area contributed by atoms with Crippen LogP contribution < -0.4 is 5.32 Å². The number of rotatable bonds is 2. The van der Waals surface area contributed by atoms with Crippen molar-refractivity contribution in [2.45, 2.75) is 0 Å². The minimum atomic E-state index is -0.356. The van der Waals surface area contributed by atoms with Crippen LogP contribution in [-0.4, -0.2) is 19.7 Å². The molecule has 0 saturated carbocycles. The SMILES string of the molecule is Cn1ncc2c(Nc3ccc(Br)cc3F)ncnc21. The molecule has 0 aliphatic carbocycles. The standard InChI is InChI=1S/C12H9BrFN5/c1-19-12-8(5-17-19)11(15-6-16-12)18-10-3-2-7(13)4-9(10)14/h2-6H,1H3,(H,15,16,18). The Morgan fingerprint density at radius 1 is 1.32 bits per heavy atom. The average Bonchev–Trinajstić information content (AvgIpc) is 2.76. The zero-order chi connectivity index (χ0) is 13.4. The van der Waals surface area contributed by atoms with E-state index in [2.05, 4.69) is 36.3 Å². The highest BCUT2D eigenvalue weighted by Crippen LogP contribution is 2.25. The molecule has 3 rings (SSSR count). The second-order valence-corrected chi connectivity index (χ2v) is 4.89. The maximum Gasteiger partial charge on any atom is 0.163 e. The molecule has 0 radical (unpaired) electrons. The molecular weight excluding hydrogens is 313 g/mol. The van der Waals surface area contributed by atoms with E-state index in [0.29, 0.717) is 21.6 Å². The molecule has 1 aromatic carbocycles. The van der Waals surface area contributed by atoms with E-state index >= 15 is 0 Å². The fourth-order valence-corrected chi connectivity index (χ4v) is 2.11. The lowest BCUT2D eigenvalue weighted by atomic mass is 10.3. The highest BCUT2D eigenvalue weighted by molar-refractivity contribution is 9.10. The Morgan fingerprint density at radius 3 is 2.95 bits per heavy atom. The molecule has 19 heavy (non-hydrogen) atoms. The number of halogens is 2. The van der Waals surface area contributed by atoms with E-state index in [1.165, 1.54) is 12.4 Å². The molecule has 0 aliphatic rings. The summed E-state index contributed by atoms with van der Waals surface area (Å²) < 4.78 is 16.1. The number of fused-ring (bicyclic) bond motifs is 1. The third-order valence-electron chi connectivity index (χ3n) is 2.71. The topological polar surface area (TPSA) is 55.6 Å². The van der Waals surface area contributed by atoms with Crippen molar-refractivity contribution in [3.8, 4) is 0 Å². The van der Waals surface area contributed by atoms with Crippen LogP contribution in [0.2, 0.25) is 0 Å². The van der Waals surface area contributed by atoms with Crippen molar-refractivity contribution in [1.82, 2.24) is 19.7 Å². The van der Waals surface area contributed by atoms with Gasteiger partial charge in [0.2, 0.25) is 0 Å². The van der Waals surface area contributed by atoms with Gasteiger partial charge in [0.15, 0.2) is 5.65 Å². The first-order valence-corrected chi connectivity index (χ1v) is 6.29. The molecule has 0 aliphatic heterocycles. The average molecular weight is 322 g/mol. The Hall–Kier alpha value is -2.02. The van der Waals surface area contributed by atoms with Crippen molar-refractivity contribution in [2.75, 3.05) is 5.32 Å². The number of anilines is 2. The molecule has 0 saturated heterocycles. The normalized spacial score (nSPS) is 10.9. The van der Waals surface area contributed by atoms with Crippen LogP contribution in [0.15, 0.2) is 35.2 Å². The summed E-state index contributed by atoms with van der Waals surface area (Å²) in [7, 11) is 1.79. The number of hydrogen-bond donors (Lipinski definition) is 1. The van der Waals surface area contributed by atoms with Gasteiger partial charge in [-0.15, -0.1) is 0 Å². The minimum Gasteiger partial charge on any atom is -0.337 e. The highest BCUT2D eigenvalue weighted by Gasteiger charge is 2.10. The van der Waals surface area contributed by atoms with Gasteiger partial charge in [-0.3, -0.25) is 4.68 Å². The zero-order valence-electron chi connectivity index (χ0n) is 9.93. The Labute approximate surface area is 116 Å². The molecule has 96 valence electrons. The number of hydrogen-bond acceptors (Lipinski definition) is 4. The van der Waals surface area contributed by atoms with Gasteiger partial charge in [-0.25, -0.2) is 14.4 Å². The molecule has 7 heteroatoms. The van der Waals surface area contributed by atoms with E-state index < -0.39 is 0 Å². The predicted molar refractivity (Wildman–Crippen MR) is 73.7 cm³/mol. The summed E-state index contributed by atoms with van der Waals surface area (Å²) in [6.45, 7) is 0. The highest BCUT2D eigenvalue weighted by atomic mass is 79.9. The van der Waals surface area contributed by atoms with E-state index in [4.69, 9.17) is 0 Å². The van der Waals surface area contributed by atoms with Gasteiger partial charge in [0.25, 0.3) is 0 Å². The van der Waals surface area contributed by atoms with Crippen LogP contribution >= 0.6 is 15.9 Å². The fraction of sp³-hybridized carbons (Fsp3) is 0.0833. The second-order valence-electron chi connectivity index (χ2n) is 3.98. The number of aromatic nitrogens is 4. The van der Waals surface area contributed by atoms with Gasteiger partial charge in [0, 0.05) is 11.5 Å². The lowest BCUT2D eigenvalue weighted by Crippen LogP contribution is -1.98. The van der Waals surface area contributed by atoms with Gasteiger partial charge >= 0.3 is 0 Å². The van der Waals surface area contributed by atoms with E-state index in [1.807, 2.05) is 0 Å². The summed E-state index contributed by atoms with van der Waals surface area (Å²) in [6.07, 6.45) is 3.07. The summed E-state index contributed by atoms with van der Waals surface area (Å²) in [6, 6.07) is 4.79. The maximum atomic E-state index is 13.8. The van der Waals surface area contributed by atoms with Gasteiger partial charge in [0.05, 0.1) is 17.3 Å². The molecule has 0 spiro atoms. The predicted octanol–water partition coefficient (Wildman–Crippen LogP) is 3.01. The van der Waals surface area contributed by atoms with Crippen LogP contribution in [0.4, 0.5) is 15.9 Å². The van der Waals surface area contributed by atoms with Crippen LogP contribution in [0.3, 0.4) is 0 Å². The van der Waals surface area contributed by atoms with Crippen molar-refractivity contribution in [1.29, 1.82) is 0 Å². The lowest BCUT2D eigenvalue weighted by molar-refractivity contribution is 0.631. The van der Waals surface area contributed by atoms with Gasteiger partial charge in [-0.05, 0) is 18.2 Å². The quantitative estimate of drug-likeness (QED) is 0.788. The van der Waals surface area contributed by atoms with E-state index in [1.54, 1.807) is 30.1 Å². The van der Waals surface area contributed by atoms with Crippen LogP contribution in [-0.2, 0) is 7.05 Å². The third-order valence-corrected chi connectivity index (χ3v) is 3.21. The first-order valence-electron chi connectivity index (χ1n) is 5.50. The summed E-state index contributed by atoms with van der Waals surface area (Å²) in [5.41, 5.74) is 1.04. The minimum absolute atomic E-state index is 0.354. The molecule has 0 unspecified atom stereocenters. The first-order chi connectivity index (χ1) is 9.15. The largest absolute Gasteiger partial charge is 0.337 e. The van der Waals surface area contributed by atoms with E-state index in [9.17, 15) is 4.39 Å². The molecule has 0 fully saturated rings. The number of nitrogens with zero attached hydrogens (tertiary/aromatic N) is 4. The van der Waals surface area contributed by atoms with Gasteiger partial charge in [0.1, 0.15) is 18.0 Å². The Kier molecular flexibility index (Phi) is 2.90. The monoisotopic (exact) mass is 321 g/mol. The summed E-state index contributed by atoms with van der Waals surface area (Å²) in [5.74, 6) is 0.171. The number of benzene rings is 1. The zero-order valence-corrected chi connectivity index (χ0v) is 11.5. The fourth-order valence-electron chi connectivity index (χ4n) is 1.78. The number of nitrogens with one attached hydrogen (secondary N) is 1. The van der Waals surface area contributed by atoms with Crippen molar-refractivity contribution >= 4 is 38.5 Å². The molecule has 1 N–H and O–H groups in total. The molecule has 0 amide bonds. The molecule has 0 bridgehead atoms. The summed E-state index contributed by atoms with van der Waals surface area (Å²) >= 11 is 3.22. The Balaban J connectivity index is 2.06. The van der Waals surface area contributed by atoms with Crippen LogP contribution in [0, 0.1) is 5.82 Å². The van der Waals surface area contributed by atoms with Crippen molar-refractivity contribution in [3.05, 3.63) is 41.0 Å². The van der Waals surface area contributed by atoms with Gasteiger partial charge in [-0.1, -0.05) is 15.9 Å². The molecule has 2 aromatic heterocycles. The van der Waals surface area contributed by atoms with Gasteiger partial charge in [-0.2, -0.15) is 5.10 Å². The second kappa shape index (κ2) is 4.58. The molecule has 3 aromatic rings. The lowest BCUT2D eigenvalue weighted by Gasteiger charge is -2.07. The van der Waals surface area contributed by atoms with Crippen LogP contribution in [0.5, 0.6) is 0 Å². The molecular formula is C12H9BrFN5. The molecule has 0 atom stereocenters. The smallest absolute Gasteiger partial charge is 0.163 e. The van der Waals surface area contributed by atoms with Crippen molar-refractivity contribution < 1.29 is 4.39 Å². The first kappa shape index (κ1) is 12.0. The van der Waals surface area contributed by atoms with Gasteiger partial charge < -0.3 is 5.32 Å². The summed E-state index contributed by atoms with van der Waals surface area (Å²) in [4.78, 5) is 8.25. The molecule has 2 heterocycles. The molecule has 5 nitrogen and oxygen atoms in total. The Morgan fingerprint density at radius 2 is 2.16 bits per heavy atom. The Bertz CT molecular complexity index is 755. The van der Waals surface area contributed by atoms with Crippen molar-refractivity contribution in [3.63, 3.8) is 0 Å². The third kappa shape index (κ3) is 2.17. The van der Waals surface area contributed by atoms with Crippen molar-refractivity contribution in [2.24, 2.45) is 7.05 Å². The van der Waals surface area contributed by atoms with E-state index in [0.717, 1.165) is 5.39 Å². The maximum absolute atomic E-state index is 13.8. The number of aryl methyl sites for hydroxylation is 1. The van der Waals surface area contributed by atoms with E-state index in [-0.39, 0.29) is 5.82 Å².